The highest BCUT2D eigenvalue weighted by Gasteiger charge is 2.49. The zero-order valence-corrected chi connectivity index (χ0v) is 23.3. The van der Waals surface area contributed by atoms with Gasteiger partial charge in [-0.1, -0.05) is 17.7 Å². The lowest BCUT2D eigenvalue weighted by Crippen LogP contribution is -2.57. The van der Waals surface area contributed by atoms with Crippen LogP contribution in [0, 0.1) is 0 Å². The van der Waals surface area contributed by atoms with Crippen molar-refractivity contribution in [3.8, 4) is 17.1 Å². The first-order valence-electron chi connectivity index (χ1n) is 13.8. The maximum atomic E-state index is 13.9. The first-order valence-corrected chi connectivity index (χ1v) is 14.2. The second-order valence-electron chi connectivity index (χ2n) is 10.7. The van der Waals surface area contributed by atoms with Crippen LogP contribution in [0.5, 0.6) is 5.88 Å². The average molecular weight is 587 g/mol. The second-order valence-corrected chi connectivity index (χ2v) is 11.1. The summed E-state index contributed by atoms with van der Waals surface area (Å²) in [5.74, 6) is 0.165. The van der Waals surface area contributed by atoms with E-state index in [2.05, 4.69) is 15.3 Å². The van der Waals surface area contributed by atoms with Gasteiger partial charge in [0.05, 0.1) is 22.9 Å². The molecule has 0 bridgehead atoms. The molecule has 12 heteroatoms. The first kappa shape index (κ1) is 27.7. The minimum atomic E-state index is -4.63. The Bertz CT molecular complexity index is 1450. The SMILES string of the molecule is CCOc1ncccc1-c1ccc2c(n1)C(=O)N(C1CCNC1)CC21CCN(c2nccc(Cl)c2C(F)(F)F)CC1. The third kappa shape index (κ3) is 4.99. The number of hydrogen-bond donors (Lipinski definition) is 1. The number of carbonyl (C=O) groups excluding carboxylic acids is 1. The lowest BCUT2D eigenvalue weighted by molar-refractivity contribution is -0.137. The van der Waals surface area contributed by atoms with E-state index in [9.17, 15) is 18.0 Å². The van der Waals surface area contributed by atoms with Gasteiger partial charge in [-0.25, -0.2) is 15.0 Å². The number of pyridine rings is 3. The molecule has 0 saturated carbocycles. The van der Waals surface area contributed by atoms with Crippen LogP contribution in [0.25, 0.3) is 11.3 Å². The van der Waals surface area contributed by atoms with E-state index in [4.69, 9.17) is 21.3 Å². The van der Waals surface area contributed by atoms with E-state index < -0.39 is 17.2 Å². The topological polar surface area (TPSA) is 83.5 Å². The fourth-order valence-corrected chi connectivity index (χ4v) is 6.61. The molecule has 41 heavy (non-hydrogen) atoms. The number of fused-ring (bicyclic) bond motifs is 2. The molecule has 216 valence electrons. The van der Waals surface area contributed by atoms with Crippen molar-refractivity contribution in [1.82, 2.24) is 25.2 Å². The normalized spacial score (nSPS) is 20.4. The molecule has 1 atom stereocenters. The van der Waals surface area contributed by atoms with Gasteiger partial charge in [-0.2, -0.15) is 13.2 Å². The summed E-state index contributed by atoms with van der Waals surface area (Å²) in [5.41, 5.74) is 1.14. The molecule has 0 radical (unpaired) electrons. The molecule has 1 N–H and O–H groups in total. The molecule has 1 unspecified atom stereocenters. The summed E-state index contributed by atoms with van der Waals surface area (Å²) in [6, 6.07) is 8.69. The molecule has 3 aromatic heterocycles. The summed E-state index contributed by atoms with van der Waals surface area (Å²) >= 11 is 5.99. The molecular formula is C29H30ClF3N6O2. The van der Waals surface area contributed by atoms with Crippen molar-refractivity contribution in [3.05, 3.63) is 64.6 Å². The summed E-state index contributed by atoms with van der Waals surface area (Å²) < 4.78 is 47.4. The van der Waals surface area contributed by atoms with Crippen molar-refractivity contribution in [1.29, 1.82) is 0 Å². The monoisotopic (exact) mass is 586 g/mol. The van der Waals surface area contributed by atoms with Crippen molar-refractivity contribution in [2.45, 2.75) is 43.8 Å². The van der Waals surface area contributed by atoms with Gasteiger partial charge < -0.3 is 19.9 Å². The molecule has 1 spiro atoms. The van der Waals surface area contributed by atoms with E-state index in [0.29, 0.717) is 68.5 Å². The number of halogens is 4. The van der Waals surface area contributed by atoms with Gasteiger partial charge in [0, 0.05) is 50.0 Å². The van der Waals surface area contributed by atoms with Crippen LogP contribution in [0.15, 0.2) is 42.7 Å². The van der Waals surface area contributed by atoms with Crippen LogP contribution in [-0.2, 0) is 11.6 Å². The highest BCUT2D eigenvalue weighted by molar-refractivity contribution is 6.31. The molecule has 6 heterocycles. The molecule has 2 saturated heterocycles. The fourth-order valence-electron chi connectivity index (χ4n) is 6.36. The lowest BCUT2D eigenvalue weighted by atomic mass is 9.69. The molecule has 3 aliphatic heterocycles. The van der Waals surface area contributed by atoms with E-state index in [0.717, 1.165) is 24.6 Å². The van der Waals surface area contributed by atoms with Gasteiger partial charge >= 0.3 is 6.18 Å². The maximum absolute atomic E-state index is 13.9. The molecule has 3 aromatic rings. The van der Waals surface area contributed by atoms with Crippen molar-refractivity contribution >= 4 is 23.3 Å². The van der Waals surface area contributed by atoms with Crippen LogP contribution >= 0.6 is 11.6 Å². The number of alkyl halides is 3. The molecule has 3 aliphatic rings. The van der Waals surface area contributed by atoms with Crippen LogP contribution in [0.4, 0.5) is 19.0 Å². The summed E-state index contributed by atoms with van der Waals surface area (Å²) in [4.78, 5) is 30.8. The Morgan fingerprint density at radius 2 is 1.95 bits per heavy atom. The molecule has 2 fully saturated rings. The van der Waals surface area contributed by atoms with E-state index in [1.807, 2.05) is 30.0 Å². The summed E-state index contributed by atoms with van der Waals surface area (Å²) in [5, 5.41) is 2.98. The van der Waals surface area contributed by atoms with Crippen LogP contribution in [0.2, 0.25) is 5.02 Å². The quantitative estimate of drug-likeness (QED) is 0.452. The third-order valence-corrected chi connectivity index (χ3v) is 8.70. The zero-order chi connectivity index (χ0) is 28.8. The predicted molar refractivity (Wildman–Crippen MR) is 148 cm³/mol. The first-order chi connectivity index (χ1) is 19.7. The molecule has 8 nitrogen and oxygen atoms in total. The Labute approximate surface area is 240 Å². The summed E-state index contributed by atoms with van der Waals surface area (Å²) in [6.45, 7) is 4.99. The second kappa shape index (κ2) is 10.8. The Balaban J connectivity index is 1.38. The van der Waals surface area contributed by atoms with E-state index in [1.165, 1.54) is 6.20 Å². The number of piperidine rings is 1. The van der Waals surface area contributed by atoms with Crippen LogP contribution in [0.3, 0.4) is 0 Å². The minimum Gasteiger partial charge on any atom is -0.477 e. The molecule has 0 aliphatic carbocycles. The van der Waals surface area contributed by atoms with Gasteiger partial charge in [-0.15, -0.1) is 0 Å². The largest absolute Gasteiger partial charge is 0.477 e. The third-order valence-electron chi connectivity index (χ3n) is 8.39. The summed E-state index contributed by atoms with van der Waals surface area (Å²) in [7, 11) is 0. The smallest absolute Gasteiger partial charge is 0.421 e. The van der Waals surface area contributed by atoms with Crippen LogP contribution in [0.1, 0.15) is 47.8 Å². The van der Waals surface area contributed by atoms with Gasteiger partial charge in [-0.3, -0.25) is 4.79 Å². The Hall–Kier alpha value is -3.44. The van der Waals surface area contributed by atoms with Crippen molar-refractivity contribution in [2.75, 3.05) is 44.2 Å². The molecule has 1 amide bonds. The van der Waals surface area contributed by atoms with Crippen LogP contribution < -0.4 is 15.0 Å². The van der Waals surface area contributed by atoms with Gasteiger partial charge in [-0.05, 0) is 62.6 Å². The van der Waals surface area contributed by atoms with Crippen molar-refractivity contribution in [3.63, 3.8) is 0 Å². The summed E-state index contributed by atoms with van der Waals surface area (Å²) in [6.07, 6.45) is 0.233. The van der Waals surface area contributed by atoms with E-state index >= 15 is 0 Å². The zero-order valence-electron chi connectivity index (χ0n) is 22.5. The number of ether oxygens (including phenoxy) is 1. The van der Waals surface area contributed by atoms with Crippen molar-refractivity contribution in [2.24, 2.45) is 0 Å². The van der Waals surface area contributed by atoms with Gasteiger partial charge in [0.25, 0.3) is 5.91 Å². The molecule has 6 rings (SSSR count). The van der Waals surface area contributed by atoms with Gasteiger partial charge in [0.1, 0.15) is 17.1 Å². The molecular weight excluding hydrogens is 557 g/mol. The predicted octanol–water partition coefficient (Wildman–Crippen LogP) is 4.97. The number of nitrogens with zero attached hydrogens (tertiary/aromatic N) is 5. The fraction of sp³-hybridized carbons (Fsp3) is 0.448. The van der Waals surface area contributed by atoms with E-state index in [1.54, 1.807) is 17.2 Å². The number of aromatic nitrogens is 3. The van der Waals surface area contributed by atoms with Crippen molar-refractivity contribution < 1.29 is 22.7 Å². The number of rotatable bonds is 5. The molecule has 0 aromatic carbocycles. The Morgan fingerprint density at radius 3 is 2.66 bits per heavy atom. The average Bonchev–Trinajstić information content (AvgIpc) is 3.50. The number of anilines is 1. The standard InChI is InChI=1S/C29H30ClF3N6O2/c1-2-41-26-19(4-3-11-36-26)22-6-5-20-24(37-22)27(40)39(18-7-12-34-16-18)17-28(20)9-14-38(15-10-28)25-23(29(31,32)33)21(30)8-13-35-25/h3-6,8,11,13,18,34H,2,7,9-10,12,14-17H2,1H3. The van der Waals surface area contributed by atoms with Gasteiger partial charge in [0.15, 0.2) is 0 Å². The van der Waals surface area contributed by atoms with Crippen LogP contribution in [-0.4, -0.2) is 71.1 Å². The Morgan fingerprint density at radius 1 is 1.15 bits per heavy atom. The highest BCUT2D eigenvalue weighted by Crippen LogP contribution is 2.46. The number of amides is 1. The van der Waals surface area contributed by atoms with Gasteiger partial charge in [0.2, 0.25) is 5.88 Å². The Kier molecular flexibility index (Phi) is 7.27. The number of hydrogen-bond acceptors (Lipinski definition) is 7. The number of carbonyl (C=O) groups is 1. The minimum absolute atomic E-state index is 0.0276. The maximum Gasteiger partial charge on any atom is 0.421 e. The lowest BCUT2D eigenvalue weighted by Gasteiger charge is -2.49. The highest BCUT2D eigenvalue weighted by atomic mass is 35.5. The number of nitrogens with one attached hydrogen (secondary N) is 1. The van der Waals surface area contributed by atoms with E-state index in [-0.39, 0.29) is 22.8 Å².